The fourth-order valence-electron chi connectivity index (χ4n) is 7.65. The van der Waals surface area contributed by atoms with E-state index in [1.165, 1.54) is 21.5 Å². The number of para-hydroxylation sites is 2. The molecule has 10 rings (SSSR count). The van der Waals surface area contributed by atoms with Gasteiger partial charge in [-0.1, -0.05) is 48.5 Å². The number of nitrogens with zero attached hydrogens (tertiary/aromatic N) is 8. The largest absolute Gasteiger partial charge is 0.457 e. The Morgan fingerprint density at radius 1 is 0.490 bits per heavy atom. The molecule has 0 saturated carbocycles. The van der Waals surface area contributed by atoms with Gasteiger partial charge in [0, 0.05) is 83.9 Å². The number of hydrogen-bond donors (Lipinski definition) is 0. The average Bonchev–Trinajstić information content (AvgIpc) is 3.92. The van der Waals surface area contributed by atoms with Gasteiger partial charge in [0.15, 0.2) is 0 Å². The van der Waals surface area contributed by atoms with Gasteiger partial charge in [-0.2, -0.15) is 0 Å². The van der Waals surface area contributed by atoms with E-state index in [0.717, 1.165) is 56.6 Å². The number of benzene rings is 4. The second kappa shape index (κ2) is 11.4. The van der Waals surface area contributed by atoms with Gasteiger partial charge in [0.1, 0.15) is 23.1 Å². The monoisotopic (exact) mass is 666 g/mol. The number of hydrogen-bond acceptors (Lipinski definition) is 7. The Morgan fingerprint density at radius 3 is 1.43 bits per heavy atom. The Morgan fingerprint density at radius 2 is 0.941 bits per heavy atom. The summed E-state index contributed by atoms with van der Waals surface area (Å²) in [5.41, 5.74) is 6.62. The molecule has 51 heavy (non-hydrogen) atoms. The fraction of sp³-hybridized carbons (Fsp3) is 0.0952. The molecule has 0 aliphatic carbocycles. The lowest BCUT2D eigenvalue weighted by Gasteiger charge is -2.21. The Bertz CT molecular complexity index is 2410. The molecule has 4 aromatic carbocycles. The molecule has 0 radical (unpaired) electrons. The average molecular weight is 667 g/mol. The van der Waals surface area contributed by atoms with Crippen molar-refractivity contribution in [2.75, 3.05) is 37.2 Å². The molecule has 0 spiro atoms. The minimum Gasteiger partial charge on any atom is -0.457 e. The van der Waals surface area contributed by atoms with Crippen molar-refractivity contribution in [3.63, 3.8) is 0 Å². The first-order valence-corrected chi connectivity index (χ1v) is 17.0. The SMILES string of the molecule is CN1CN(c2cccc(Oc3cccc(N4C=C(n5c6ccccc6c6ccncc65)N(C)C4)c3)c2)C=C1n1c2ccccc2c2ccncc21. The maximum absolute atomic E-state index is 6.51. The fourth-order valence-corrected chi connectivity index (χ4v) is 7.65. The van der Waals surface area contributed by atoms with Crippen LogP contribution in [0.25, 0.3) is 55.3 Å². The van der Waals surface area contributed by atoms with E-state index in [2.05, 4.69) is 162 Å². The maximum atomic E-state index is 6.51. The standard InChI is InChI=1S/C42H34N8O/c1-45-27-47(25-41(45)49-37-15-5-3-13-33(37)35-17-19-43-23-39(35)49)29-9-7-11-31(21-29)51-32-12-8-10-30(22-32)48-26-42(46(2)28-48)50-38-16-6-4-14-34(38)36-18-20-44-24-40(36)50/h3-26H,27-28H2,1-2H3. The van der Waals surface area contributed by atoms with Gasteiger partial charge < -0.3 is 24.3 Å². The van der Waals surface area contributed by atoms with E-state index in [4.69, 9.17) is 4.74 Å². The highest BCUT2D eigenvalue weighted by Crippen LogP contribution is 2.38. The third-order valence-electron chi connectivity index (χ3n) is 10.00. The topological polar surface area (TPSA) is 57.8 Å². The summed E-state index contributed by atoms with van der Waals surface area (Å²) in [6.45, 7) is 1.42. The van der Waals surface area contributed by atoms with Crippen LogP contribution in [-0.2, 0) is 0 Å². The van der Waals surface area contributed by atoms with Gasteiger partial charge in [0.25, 0.3) is 0 Å². The smallest absolute Gasteiger partial charge is 0.131 e. The van der Waals surface area contributed by atoms with Crippen LogP contribution >= 0.6 is 0 Å². The van der Waals surface area contributed by atoms with Crippen molar-refractivity contribution in [3.05, 3.63) is 146 Å². The zero-order valence-electron chi connectivity index (χ0n) is 28.3. The molecule has 9 heteroatoms. The lowest BCUT2D eigenvalue weighted by atomic mass is 10.2. The van der Waals surface area contributed by atoms with Crippen molar-refractivity contribution in [2.24, 2.45) is 0 Å². The van der Waals surface area contributed by atoms with Gasteiger partial charge >= 0.3 is 0 Å². The second-order valence-corrected chi connectivity index (χ2v) is 13.2. The van der Waals surface area contributed by atoms with E-state index in [1.807, 2.05) is 36.9 Å². The summed E-state index contributed by atoms with van der Waals surface area (Å²) in [7, 11) is 4.25. The van der Waals surface area contributed by atoms with Gasteiger partial charge in [-0.25, -0.2) is 0 Å². The number of ether oxygens (including phenoxy) is 1. The van der Waals surface area contributed by atoms with Crippen molar-refractivity contribution < 1.29 is 4.74 Å². The first kappa shape index (κ1) is 29.2. The quantitative estimate of drug-likeness (QED) is 0.176. The molecule has 0 N–H and O–H groups in total. The van der Waals surface area contributed by atoms with E-state index in [9.17, 15) is 0 Å². The van der Waals surface area contributed by atoms with E-state index < -0.39 is 0 Å². The normalized spacial score (nSPS) is 14.8. The first-order chi connectivity index (χ1) is 25.1. The van der Waals surface area contributed by atoms with E-state index >= 15 is 0 Å². The van der Waals surface area contributed by atoms with Crippen molar-refractivity contribution in [2.45, 2.75) is 0 Å². The summed E-state index contributed by atoms with van der Waals surface area (Å²) < 4.78 is 11.1. The van der Waals surface area contributed by atoms with Crippen molar-refractivity contribution in [3.8, 4) is 11.5 Å². The molecule has 2 aliphatic heterocycles. The van der Waals surface area contributed by atoms with Gasteiger partial charge in [0.05, 0.1) is 47.8 Å². The Labute approximate surface area is 294 Å². The van der Waals surface area contributed by atoms with Crippen LogP contribution in [0, 0.1) is 0 Å². The third kappa shape index (κ3) is 4.69. The van der Waals surface area contributed by atoms with Crippen LogP contribution in [-0.4, -0.2) is 56.3 Å². The van der Waals surface area contributed by atoms with E-state index in [0.29, 0.717) is 13.3 Å². The Kier molecular flexibility index (Phi) is 6.54. The molecule has 9 nitrogen and oxygen atoms in total. The number of aromatic nitrogens is 4. The molecule has 8 aromatic rings. The van der Waals surface area contributed by atoms with Crippen molar-refractivity contribution >= 4 is 66.6 Å². The predicted octanol–water partition coefficient (Wildman–Crippen LogP) is 8.82. The zero-order valence-corrected chi connectivity index (χ0v) is 28.3. The van der Waals surface area contributed by atoms with Crippen LogP contribution in [0.2, 0.25) is 0 Å². The molecule has 248 valence electrons. The highest BCUT2D eigenvalue weighted by atomic mass is 16.5. The van der Waals surface area contributed by atoms with Crippen LogP contribution in [0.1, 0.15) is 0 Å². The number of rotatable bonds is 6. The third-order valence-corrected chi connectivity index (χ3v) is 10.00. The van der Waals surface area contributed by atoms with Gasteiger partial charge in [0.2, 0.25) is 0 Å². The first-order valence-electron chi connectivity index (χ1n) is 17.0. The molecule has 0 atom stereocenters. The molecular formula is C42H34N8O. The molecule has 2 aliphatic rings. The van der Waals surface area contributed by atoms with Gasteiger partial charge in [-0.15, -0.1) is 0 Å². The second-order valence-electron chi connectivity index (χ2n) is 13.2. The minimum atomic E-state index is 0.710. The molecular weight excluding hydrogens is 633 g/mol. The van der Waals surface area contributed by atoms with Crippen LogP contribution in [0.15, 0.2) is 146 Å². The summed E-state index contributed by atoms with van der Waals surface area (Å²) in [4.78, 5) is 18.0. The summed E-state index contributed by atoms with van der Waals surface area (Å²) >= 11 is 0. The van der Waals surface area contributed by atoms with Gasteiger partial charge in [-0.05, 0) is 48.5 Å². The van der Waals surface area contributed by atoms with Crippen LogP contribution in [0.5, 0.6) is 11.5 Å². The summed E-state index contributed by atoms with van der Waals surface area (Å²) in [6, 6.07) is 37.8. The van der Waals surface area contributed by atoms with Crippen LogP contribution in [0.4, 0.5) is 11.4 Å². The van der Waals surface area contributed by atoms with Crippen molar-refractivity contribution in [1.82, 2.24) is 28.9 Å². The molecule has 6 heterocycles. The summed E-state index contributed by atoms with van der Waals surface area (Å²) in [5, 5.41) is 4.83. The minimum absolute atomic E-state index is 0.710. The van der Waals surface area contributed by atoms with Gasteiger partial charge in [-0.3, -0.25) is 19.1 Å². The lowest BCUT2D eigenvalue weighted by molar-refractivity contribution is 0.479. The molecule has 0 amide bonds. The van der Waals surface area contributed by atoms with Crippen LogP contribution < -0.4 is 14.5 Å². The lowest BCUT2D eigenvalue weighted by Crippen LogP contribution is -2.24. The maximum Gasteiger partial charge on any atom is 0.131 e. The molecule has 0 bridgehead atoms. The number of fused-ring (bicyclic) bond motifs is 6. The van der Waals surface area contributed by atoms with Crippen molar-refractivity contribution in [1.29, 1.82) is 0 Å². The molecule has 4 aromatic heterocycles. The number of pyridine rings is 2. The predicted molar refractivity (Wildman–Crippen MR) is 206 cm³/mol. The Balaban J connectivity index is 0.937. The Hall–Kier alpha value is -6.74. The number of anilines is 2. The molecule has 0 unspecified atom stereocenters. The highest BCUT2D eigenvalue weighted by molar-refractivity contribution is 6.10. The van der Waals surface area contributed by atoms with Crippen LogP contribution in [0.3, 0.4) is 0 Å². The molecule has 0 fully saturated rings. The van der Waals surface area contributed by atoms with E-state index in [1.54, 1.807) is 0 Å². The molecule has 0 saturated heterocycles. The highest BCUT2D eigenvalue weighted by Gasteiger charge is 2.26. The summed E-state index contributed by atoms with van der Waals surface area (Å²) in [6.07, 6.45) is 12.0. The van der Waals surface area contributed by atoms with E-state index in [-0.39, 0.29) is 0 Å². The zero-order chi connectivity index (χ0) is 34.1. The summed E-state index contributed by atoms with van der Waals surface area (Å²) in [5.74, 6) is 3.74.